The normalized spacial score (nSPS) is 11.7. The van der Waals surface area contributed by atoms with E-state index in [1.807, 2.05) is 19.2 Å². The fourth-order valence-corrected chi connectivity index (χ4v) is 2.48. The Morgan fingerprint density at radius 1 is 1.19 bits per heavy atom. The number of rotatable bonds is 9. The van der Waals surface area contributed by atoms with Crippen LogP contribution in [0, 0.1) is 0 Å². The molecular formula is C20H27N3O3. The maximum absolute atomic E-state index is 12.3. The molecule has 0 bridgehead atoms. The van der Waals surface area contributed by atoms with E-state index in [9.17, 15) is 9.59 Å². The summed E-state index contributed by atoms with van der Waals surface area (Å²) in [6.07, 6.45) is 3.82. The molecule has 0 saturated carbocycles. The molecule has 140 valence electrons. The van der Waals surface area contributed by atoms with Crippen LogP contribution in [0.25, 0.3) is 0 Å². The minimum Gasteiger partial charge on any atom is -0.467 e. The summed E-state index contributed by atoms with van der Waals surface area (Å²) in [5.41, 5.74) is 1.60. The van der Waals surface area contributed by atoms with Crippen molar-refractivity contribution in [1.82, 2.24) is 10.6 Å². The quantitative estimate of drug-likeness (QED) is 0.724. The summed E-state index contributed by atoms with van der Waals surface area (Å²) in [6.45, 7) is 5.09. The van der Waals surface area contributed by atoms with Crippen LogP contribution in [0.4, 0.5) is 5.69 Å². The van der Waals surface area contributed by atoms with Gasteiger partial charge in [-0.15, -0.1) is 0 Å². The van der Waals surface area contributed by atoms with Crippen molar-refractivity contribution in [1.29, 1.82) is 0 Å². The Morgan fingerprint density at radius 3 is 2.54 bits per heavy atom. The second-order valence-corrected chi connectivity index (χ2v) is 6.31. The van der Waals surface area contributed by atoms with Gasteiger partial charge < -0.3 is 20.0 Å². The van der Waals surface area contributed by atoms with Crippen molar-refractivity contribution in [3.05, 3.63) is 54.0 Å². The average molecular weight is 357 g/mol. The number of furan rings is 1. The van der Waals surface area contributed by atoms with Crippen LogP contribution in [0.15, 0.2) is 47.1 Å². The highest BCUT2D eigenvalue weighted by Gasteiger charge is 2.16. The molecule has 0 aliphatic heterocycles. The van der Waals surface area contributed by atoms with Gasteiger partial charge >= 0.3 is 0 Å². The fourth-order valence-electron chi connectivity index (χ4n) is 2.48. The number of hydrogen-bond acceptors (Lipinski definition) is 4. The van der Waals surface area contributed by atoms with E-state index in [-0.39, 0.29) is 11.8 Å². The van der Waals surface area contributed by atoms with E-state index >= 15 is 0 Å². The number of hydrogen-bond donors (Lipinski definition) is 2. The van der Waals surface area contributed by atoms with Gasteiger partial charge in [-0.3, -0.25) is 9.59 Å². The summed E-state index contributed by atoms with van der Waals surface area (Å²) in [6, 6.07) is 10.3. The number of anilines is 1. The van der Waals surface area contributed by atoms with E-state index in [0.717, 1.165) is 25.1 Å². The molecule has 0 spiro atoms. The third kappa shape index (κ3) is 5.65. The summed E-state index contributed by atoms with van der Waals surface area (Å²) >= 11 is 0. The second kappa shape index (κ2) is 9.65. The van der Waals surface area contributed by atoms with Gasteiger partial charge in [-0.1, -0.05) is 13.3 Å². The molecule has 1 heterocycles. The zero-order chi connectivity index (χ0) is 18.9. The van der Waals surface area contributed by atoms with Crippen molar-refractivity contribution in [2.24, 2.45) is 0 Å². The number of nitrogens with zero attached hydrogens (tertiary/aromatic N) is 1. The van der Waals surface area contributed by atoms with Crippen LogP contribution in [0.1, 0.15) is 42.8 Å². The van der Waals surface area contributed by atoms with Crippen LogP contribution in [0.5, 0.6) is 0 Å². The average Bonchev–Trinajstić information content (AvgIpc) is 3.17. The Hall–Kier alpha value is -2.76. The summed E-state index contributed by atoms with van der Waals surface area (Å²) in [5.74, 6) is 0.138. The Balaban J connectivity index is 1.84. The van der Waals surface area contributed by atoms with Gasteiger partial charge in [0.1, 0.15) is 11.8 Å². The molecule has 6 heteroatoms. The van der Waals surface area contributed by atoms with Crippen molar-refractivity contribution in [2.45, 2.75) is 39.3 Å². The first-order chi connectivity index (χ1) is 12.5. The van der Waals surface area contributed by atoms with Gasteiger partial charge in [0.25, 0.3) is 5.91 Å². The van der Waals surface area contributed by atoms with Crippen molar-refractivity contribution in [3.63, 3.8) is 0 Å². The minimum atomic E-state index is -0.635. The van der Waals surface area contributed by atoms with Gasteiger partial charge in [0, 0.05) is 24.8 Å². The highest BCUT2D eigenvalue weighted by atomic mass is 16.3. The van der Waals surface area contributed by atoms with Crippen LogP contribution < -0.4 is 15.5 Å². The molecule has 2 N–H and O–H groups in total. The van der Waals surface area contributed by atoms with E-state index in [4.69, 9.17) is 4.42 Å². The number of unbranched alkanes of at least 4 members (excludes halogenated alkanes) is 1. The zero-order valence-electron chi connectivity index (χ0n) is 15.6. The lowest BCUT2D eigenvalue weighted by molar-refractivity contribution is -0.122. The summed E-state index contributed by atoms with van der Waals surface area (Å²) in [7, 11) is 2.04. The van der Waals surface area contributed by atoms with E-state index in [2.05, 4.69) is 22.5 Å². The largest absolute Gasteiger partial charge is 0.467 e. The molecule has 1 aromatic heterocycles. The van der Waals surface area contributed by atoms with Crippen molar-refractivity contribution < 1.29 is 14.0 Å². The lowest BCUT2D eigenvalue weighted by Gasteiger charge is -2.19. The summed E-state index contributed by atoms with van der Waals surface area (Å²) in [5, 5.41) is 5.44. The number of carbonyl (C=O) groups excluding carboxylic acids is 2. The standard InChI is InChI=1S/C20H27N3O3/c1-4-5-12-23(3)17-10-8-16(9-11-17)20(25)22-15(2)19(24)21-14-18-7-6-13-26-18/h6-11,13,15H,4-5,12,14H2,1-3H3,(H,21,24)(H,22,25). The lowest BCUT2D eigenvalue weighted by Crippen LogP contribution is -2.44. The van der Waals surface area contributed by atoms with Gasteiger partial charge in [0.05, 0.1) is 12.8 Å². The number of amides is 2. The minimum absolute atomic E-state index is 0.259. The molecule has 2 amide bonds. The molecule has 1 aromatic carbocycles. The highest BCUT2D eigenvalue weighted by molar-refractivity contribution is 5.97. The fraction of sp³-hybridized carbons (Fsp3) is 0.400. The van der Waals surface area contributed by atoms with Gasteiger partial charge in [0.2, 0.25) is 5.91 Å². The summed E-state index contributed by atoms with van der Waals surface area (Å²) < 4.78 is 5.16. The molecule has 2 aromatic rings. The molecule has 0 saturated heterocycles. The third-order valence-electron chi connectivity index (χ3n) is 4.18. The molecule has 26 heavy (non-hydrogen) atoms. The van der Waals surface area contributed by atoms with Crippen molar-refractivity contribution in [3.8, 4) is 0 Å². The van der Waals surface area contributed by atoms with Crippen LogP contribution >= 0.6 is 0 Å². The second-order valence-electron chi connectivity index (χ2n) is 6.31. The molecule has 2 rings (SSSR count). The predicted molar refractivity (Wildman–Crippen MR) is 102 cm³/mol. The SMILES string of the molecule is CCCCN(C)c1ccc(C(=O)NC(C)C(=O)NCc2ccco2)cc1. The Bertz CT molecular complexity index is 696. The van der Waals surface area contributed by atoms with E-state index in [1.54, 1.807) is 37.5 Å². The first-order valence-electron chi connectivity index (χ1n) is 8.93. The van der Waals surface area contributed by atoms with E-state index in [1.165, 1.54) is 0 Å². The first kappa shape index (κ1) is 19.6. The van der Waals surface area contributed by atoms with Crippen molar-refractivity contribution >= 4 is 17.5 Å². The van der Waals surface area contributed by atoms with Gasteiger partial charge in [-0.25, -0.2) is 0 Å². The monoisotopic (exact) mass is 357 g/mol. The molecule has 0 aliphatic rings. The molecule has 0 radical (unpaired) electrons. The van der Waals surface area contributed by atoms with Crippen LogP contribution in [-0.2, 0) is 11.3 Å². The predicted octanol–water partition coefficient (Wildman–Crippen LogP) is 2.95. The smallest absolute Gasteiger partial charge is 0.251 e. The molecule has 1 atom stereocenters. The topological polar surface area (TPSA) is 74.6 Å². The first-order valence-corrected chi connectivity index (χ1v) is 8.93. The van der Waals surface area contributed by atoms with Gasteiger partial charge in [-0.2, -0.15) is 0 Å². The van der Waals surface area contributed by atoms with Crippen LogP contribution in [-0.4, -0.2) is 31.4 Å². The lowest BCUT2D eigenvalue weighted by atomic mass is 10.1. The van der Waals surface area contributed by atoms with Crippen LogP contribution in [0.3, 0.4) is 0 Å². The van der Waals surface area contributed by atoms with Gasteiger partial charge in [-0.05, 0) is 49.7 Å². The number of carbonyl (C=O) groups is 2. The molecular weight excluding hydrogens is 330 g/mol. The van der Waals surface area contributed by atoms with E-state index < -0.39 is 6.04 Å². The highest BCUT2D eigenvalue weighted by Crippen LogP contribution is 2.14. The number of benzene rings is 1. The molecule has 6 nitrogen and oxygen atoms in total. The molecule has 0 aliphatic carbocycles. The Kier molecular flexibility index (Phi) is 7.26. The molecule has 0 fully saturated rings. The van der Waals surface area contributed by atoms with Crippen molar-refractivity contribution in [2.75, 3.05) is 18.5 Å². The van der Waals surface area contributed by atoms with Gasteiger partial charge in [0.15, 0.2) is 0 Å². The number of nitrogens with one attached hydrogen (secondary N) is 2. The maximum atomic E-state index is 12.3. The third-order valence-corrected chi connectivity index (χ3v) is 4.18. The van der Waals surface area contributed by atoms with E-state index in [0.29, 0.717) is 17.9 Å². The Morgan fingerprint density at radius 2 is 1.92 bits per heavy atom. The maximum Gasteiger partial charge on any atom is 0.251 e. The zero-order valence-corrected chi connectivity index (χ0v) is 15.6. The van der Waals surface area contributed by atoms with Crippen LogP contribution in [0.2, 0.25) is 0 Å². The molecule has 1 unspecified atom stereocenters. The Labute approximate surface area is 154 Å². The summed E-state index contributed by atoms with van der Waals surface area (Å²) in [4.78, 5) is 26.6.